The summed E-state index contributed by atoms with van der Waals surface area (Å²) in [4.78, 5) is 24.5. The summed E-state index contributed by atoms with van der Waals surface area (Å²) in [5.41, 5.74) is 10.7. The van der Waals surface area contributed by atoms with Crippen LogP contribution in [-0.4, -0.2) is 47.1 Å². The van der Waals surface area contributed by atoms with Crippen molar-refractivity contribution in [1.82, 2.24) is 4.90 Å². The van der Waals surface area contributed by atoms with Gasteiger partial charge in [-0.2, -0.15) is 0 Å². The van der Waals surface area contributed by atoms with E-state index in [4.69, 9.17) is 16.6 Å². The number of primary amides is 1. The molecule has 0 bridgehead atoms. The number of carbonyl (C=O) groups excluding carboxylic acids is 2. The lowest BCUT2D eigenvalue weighted by Gasteiger charge is -2.38. The van der Waals surface area contributed by atoms with Gasteiger partial charge in [0.2, 0.25) is 11.8 Å². The monoisotopic (exact) mass is 243 g/mol. The lowest BCUT2D eigenvalue weighted by Crippen LogP contribution is -2.52. The lowest BCUT2D eigenvalue weighted by atomic mass is 9.90. The van der Waals surface area contributed by atoms with E-state index in [0.717, 1.165) is 19.3 Å². The molecule has 1 saturated carbocycles. The number of rotatable bonds is 7. The smallest absolute Gasteiger partial charge is 0.240 e. The van der Waals surface area contributed by atoms with Crippen LogP contribution in [0, 0.1) is 0 Å². The molecule has 1 fully saturated rings. The van der Waals surface area contributed by atoms with Crippen molar-refractivity contribution in [3.8, 4) is 0 Å². The fraction of sp³-hybridized carbons (Fsp3) is 0.818. The Morgan fingerprint density at radius 2 is 2.06 bits per heavy atom. The number of hydrogen-bond acceptors (Lipinski definition) is 4. The fourth-order valence-corrected chi connectivity index (χ4v) is 1.93. The molecular formula is C11H21N3O3. The molecule has 1 atom stereocenters. The molecule has 1 aliphatic rings. The molecule has 6 heteroatoms. The first-order valence-corrected chi connectivity index (χ1v) is 6.01. The van der Waals surface area contributed by atoms with Crippen molar-refractivity contribution < 1.29 is 14.7 Å². The van der Waals surface area contributed by atoms with Crippen LogP contribution >= 0.6 is 0 Å². The molecule has 0 radical (unpaired) electrons. The maximum atomic E-state index is 12.0. The highest BCUT2D eigenvalue weighted by Gasteiger charge is 2.31. The van der Waals surface area contributed by atoms with Crippen molar-refractivity contribution in [3.63, 3.8) is 0 Å². The summed E-state index contributed by atoms with van der Waals surface area (Å²) in [6.45, 7) is 0.536. The van der Waals surface area contributed by atoms with Gasteiger partial charge in [0, 0.05) is 19.2 Å². The van der Waals surface area contributed by atoms with E-state index < -0.39 is 11.9 Å². The first-order valence-electron chi connectivity index (χ1n) is 6.01. The predicted molar refractivity (Wildman–Crippen MR) is 62.8 cm³/mol. The Hall–Kier alpha value is -1.14. The highest BCUT2D eigenvalue weighted by atomic mass is 16.3. The van der Waals surface area contributed by atoms with Gasteiger partial charge in [0.1, 0.15) is 0 Å². The van der Waals surface area contributed by atoms with Crippen LogP contribution in [0.15, 0.2) is 0 Å². The van der Waals surface area contributed by atoms with E-state index in [9.17, 15) is 9.59 Å². The highest BCUT2D eigenvalue weighted by molar-refractivity contribution is 5.87. The van der Waals surface area contributed by atoms with Gasteiger partial charge in [-0.3, -0.25) is 9.59 Å². The van der Waals surface area contributed by atoms with E-state index in [1.807, 2.05) is 0 Å². The molecule has 0 aromatic carbocycles. The van der Waals surface area contributed by atoms with Crippen LogP contribution < -0.4 is 11.5 Å². The Kier molecular flexibility index (Phi) is 5.37. The SMILES string of the molecule is NC(=O)CC(N)C(=O)N(CCCO)C1CCC1. The van der Waals surface area contributed by atoms with E-state index in [1.54, 1.807) is 4.90 Å². The van der Waals surface area contributed by atoms with Gasteiger partial charge < -0.3 is 21.5 Å². The van der Waals surface area contributed by atoms with Crippen molar-refractivity contribution in [2.24, 2.45) is 11.5 Å². The van der Waals surface area contributed by atoms with Gasteiger partial charge in [-0.25, -0.2) is 0 Å². The number of aliphatic hydroxyl groups excluding tert-OH is 1. The summed E-state index contributed by atoms with van der Waals surface area (Å²) >= 11 is 0. The summed E-state index contributed by atoms with van der Waals surface area (Å²) < 4.78 is 0. The first-order chi connectivity index (χ1) is 8.06. The number of nitrogens with two attached hydrogens (primary N) is 2. The van der Waals surface area contributed by atoms with E-state index >= 15 is 0 Å². The van der Waals surface area contributed by atoms with E-state index in [0.29, 0.717) is 13.0 Å². The van der Waals surface area contributed by atoms with Gasteiger partial charge in [0.25, 0.3) is 0 Å². The van der Waals surface area contributed by atoms with Crippen molar-refractivity contribution in [2.75, 3.05) is 13.2 Å². The number of nitrogens with zero attached hydrogens (tertiary/aromatic N) is 1. The van der Waals surface area contributed by atoms with Gasteiger partial charge in [0.15, 0.2) is 0 Å². The maximum absolute atomic E-state index is 12.0. The Morgan fingerprint density at radius 1 is 1.41 bits per heavy atom. The third kappa shape index (κ3) is 3.98. The summed E-state index contributed by atoms with van der Waals surface area (Å²) in [5, 5.41) is 8.81. The van der Waals surface area contributed by atoms with Crippen molar-refractivity contribution in [3.05, 3.63) is 0 Å². The molecule has 1 rings (SSSR count). The second kappa shape index (κ2) is 6.56. The maximum Gasteiger partial charge on any atom is 0.240 e. The van der Waals surface area contributed by atoms with Gasteiger partial charge in [-0.05, 0) is 25.7 Å². The molecule has 98 valence electrons. The molecule has 17 heavy (non-hydrogen) atoms. The quantitative estimate of drug-likeness (QED) is 0.530. The van der Waals surface area contributed by atoms with Crippen LogP contribution in [0.3, 0.4) is 0 Å². The molecule has 5 N–H and O–H groups in total. The zero-order valence-corrected chi connectivity index (χ0v) is 9.97. The van der Waals surface area contributed by atoms with Crippen LogP contribution in [-0.2, 0) is 9.59 Å². The molecule has 1 unspecified atom stereocenters. The minimum Gasteiger partial charge on any atom is -0.396 e. The zero-order valence-electron chi connectivity index (χ0n) is 9.97. The molecule has 0 aromatic rings. The predicted octanol–water partition coefficient (Wildman–Crippen LogP) is -1.05. The summed E-state index contributed by atoms with van der Waals surface area (Å²) in [6.07, 6.45) is 3.46. The molecule has 6 nitrogen and oxygen atoms in total. The van der Waals surface area contributed by atoms with Gasteiger partial charge in [-0.1, -0.05) is 0 Å². The zero-order chi connectivity index (χ0) is 12.8. The minimum atomic E-state index is -0.855. The van der Waals surface area contributed by atoms with Crippen LogP contribution in [0.2, 0.25) is 0 Å². The van der Waals surface area contributed by atoms with E-state index in [-0.39, 0.29) is 25.0 Å². The molecular weight excluding hydrogens is 222 g/mol. The Bertz CT molecular complexity index is 279. The molecule has 2 amide bonds. The Labute approximate surface area is 101 Å². The Balaban J connectivity index is 2.54. The topological polar surface area (TPSA) is 110 Å². The molecule has 0 heterocycles. The van der Waals surface area contributed by atoms with Gasteiger partial charge >= 0.3 is 0 Å². The normalized spacial score (nSPS) is 17.3. The molecule has 0 saturated heterocycles. The fourth-order valence-electron chi connectivity index (χ4n) is 1.93. The largest absolute Gasteiger partial charge is 0.396 e. The minimum absolute atomic E-state index is 0.0432. The number of hydrogen-bond donors (Lipinski definition) is 3. The van der Waals surface area contributed by atoms with Gasteiger partial charge in [-0.15, -0.1) is 0 Å². The number of amides is 2. The standard InChI is InChI=1S/C11H21N3O3/c12-9(7-10(13)16)11(17)14(5-2-6-15)8-3-1-4-8/h8-9,15H,1-7,12H2,(H2,13,16). The molecule has 0 spiro atoms. The van der Waals surface area contributed by atoms with Gasteiger partial charge in [0.05, 0.1) is 12.5 Å². The molecule has 1 aliphatic carbocycles. The third-order valence-corrected chi connectivity index (χ3v) is 3.09. The van der Waals surface area contributed by atoms with Crippen molar-refractivity contribution >= 4 is 11.8 Å². The molecule has 0 aromatic heterocycles. The van der Waals surface area contributed by atoms with Crippen LogP contribution in [0.1, 0.15) is 32.1 Å². The van der Waals surface area contributed by atoms with Crippen molar-refractivity contribution in [2.45, 2.75) is 44.2 Å². The first kappa shape index (κ1) is 13.9. The lowest BCUT2D eigenvalue weighted by molar-refractivity contribution is -0.138. The van der Waals surface area contributed by atoms with Crippen LogP contribution in [0.4, 0.5) is 0 Å². The van der Waals surface area contributed by atoms with E-state index in [2.05, 4.69) is 0 Å². The van der Waals surface area contributed by atoms with Crippen LogP contribution in [0.5, 0.6) is 0 Å². The summed E-state index contributed by atoms with van der Waals surface area (Å²) in [6, 6.07) is -0.639. The second-order valence-corrected chi connectivity index (χ2v) is 4.47. The number of aliphatic hydroxyl groups is 1. The Morgan fingerprint density at radius 3 is 2.47 bits per heavy atom. The molecule has 0 aliphatic heterocycles. The average molecular weight is 243 g/mol. The third-order valence-electron chi connectivity index (χ3n) is 3.09. The van der Waals surface area contributed by atoms with E-state index in [1.165, 1.54) is 0 Å². The second-order valence-electron chi connectivity index (χ2n) is 4.47. The highest BCUT2D eigenvalue weighted by Crippen LogP contribution is 2.25. The summed E-state index contributed by atoms with van der Waals surface area (Å²) in [5.74, 6) is -0.802. The number of carbonyl (C=O) groups is 2. The average Bonchev–Trinajstić information content (AvgIpc) is 2.19. The summed E-state index contributed by atoms with van der Waals surface area (Å²) in [7, 11) is 0. The van der Waals surface area contributed by atoms with Crippen LogP contribution in [0.25, 0.3) is 0 Å². The van der Waals surface area contributed by atoms with Crippen molar-refractivity contribution in [1.29, 1.82) is 0 Å².